The molecule has 0 aliphatic rings. The highest BCUT2D eigenvalue weighted by Crippen LogP contribution is 2.23. The zero-order chi connectivity index (χ0) is 12.3. The molecule has 0 spiro atoms. The first-order chi connectivity index (χ1) is 7.41. The van der Waals surface area contributed by atoms with Crippen molar-refractivity contribution in [1.82, 2.24) is 9.97 Å². The zero-order valence-electron chi connectivity index (χ0n) is 8.04. The van der Waals surface area contributed by atoms with Gasteiger partial charge in [-0.1, -0.05) is 0 Å². The third-order valence-electron chi connectivity index (χ3n) is 1.89. The fourth-order valence-electron chi connectivity index (χ4n) is 1.11. The maximum absolute atomic E-state index is 10.3. The van der Waals surface area contributed by atoms with Crippen LogP contribution in [0.5, 0.6) is 0 Å². The molecule has 1 aromatic heterocycles. The standard InChI is InChI=1S/C8H10ClN3O4/c9-8-11-2-3(7(10)12-8)6(16)4(13)1-5(14)15/h2,4,6,13,16H,1H2,(H,14,15)(H2,10,11,12). The van der Waals surface area contributed by atoms with Crippen LogP contribution in [0.3, 0.4) is 0 Å². The van der Waals surface area contributed by atoms with E-state index in [0.717, 1.165) is 6.20 Å². The SMILES string of the molecule is Nc1nc(Cl)ncc1C(O)C(O)CC(=O)O. The molecule has 1 rings (SSSR count). The average molecular weight is 248 g/mol. The Morgan fingerprint density at radius 1 is 1.56 bits per heavy atom. The fourth-order valence-corrected chi connectivity index (χ4v) is 1.25. The van der Waals surface area contributed by atoms with Gasteiger partial charge in [-0.3, -0.25) is 4.79 Å². The number of aromatic nitrogens is 2. The largest absolute Gasteiger partial charge is 0.481 e. The van der Waals surface area contributed by atoms with Gasteiger partial charge in [0.05, 0.1) is 12.5 Å². The quantitative estimate of drug-likeness (QED) is 0.532. The maximum Gasteiger partial charge on any atom is 0.306 e. The minimum atomic E-state index is -1.48. The van der Waals surface area contributed by atoms with Crippen molar-refractivity contribution < 1.29 is 20.1 Å². The first-order valence-electron chi connectivity index (χ1n) is 4.27. The van der Waals surface area contributed by atoms with Crippen molar-refractivity contribution in [2.45, 2.75) is 18.6 Å². The molecule has 2 atom stereocenters. The van der Waals surface area contributed by atoms with Crippen LogP contribution in [0.4, 0.5) is 5.82 Å². The number of nitrogens with zero attached hydrogens (tertiary/aromatic N) is 2. The van der Waals surface area contributed by atoms with E-state index in [1.165, 1.54) is 0 Å². The molecule has 0 aromatic carbocycles. The summed E-state index contributed by atoms with van der Waals surface area (Å²) in [6.07, 6.45) is -2.41. The Hall–Kier alpha value is -1.44. The third kappa shape index (κ3) is 3.02. The lowest BCUT2D eigenvalue weighted by atomic mass is 10.0. The molecule has 8 heteroatoms. The van der Waals surface area contributed by atoms with Crippen molar-refractivity contribution in [3.63, 3.8) is 0 Å². The van der Waals surface area contributed by atoms with E-state index < -0.39 is 24.6 Å². The molecular formula is C8H10ClN3O4. The lowest BCUT2D eigenvalue weighted by molar-refractivity contribution is -0.141. The van der Waals surface area contributed by atoms with Crippen LogP contribution in [0.2, 0.25) is 5.28 Å². The summed E-state index contributed by atoms with van der Waals surface area (Å²) in [6, 6.07) is 0. The van der Waals surface area contributed by atoms with E-state index in [1.54, 1.807) is 0 Å². The number of hydrogen-bond acceptors (Lipinski definition) is 6. The lowest BCUT2D eigenvalue weighted by Gasteiger charge is -2.16. The van der Waals surface area contributed by atoms with Gasteiger partial charge in [0.2, 0.25) is 5.28 Å². The summed E-state index contributed by atoms with van der Waals surface area (Å²) in [5.74, 6) is -1.34. The van der Waals surface area contributed by atoms with Gasteiger partial charge < -0.3 is 21.1 Å². The summed E-state index contributed by atoms with van der Waals surface area (Å²) in [6.45, 7) is 0. The summed E-state index contributed by atoms with van der Waals surface area (Å²) in [7, 11) is 0. The van der Waals surface area contributed by atoms with Gasteiger partial charge in [0.15, 0.2) is 0 Å². The molecule has 0 aliphatic heterocycles. The molecule has 1 heterocycles. The molecule has 2 unspecified atom stereocenters. The van der Waals surface area contributed by atoms with Gasteiger partial charge in [-0.2, -0.15) is 0 Å². The van der Waals surface area contributed by atoms with Crippen LogP contribution < -0.4 is 5.73 Å². The second-order valence-electron chi connectivity index (χ2n) is 3.09. The fraction of sp³-hybridized carbons (Fsp3) is 0.375. The Kier molecular flexibility index (Phi) is 3.99. The molecule has 0 saturated carbocycles. The molecule has 88 valence electrons. The van der Waals surface area contributed by atoms with Gasteiger partial charge in [0.1, 0.15) is 11.9 Å². The molecule has 1 aromatic rings. The van der Waals surface area contributed by atoms with Crippen LogP contribution in [0, 0.1) is 0 Å². The second-order valence-corrected chi connectivity index (χ2v) is 3.43. The van der Waals surface area contributed by atoms with E-state index in [4.69, 9.17) is 22.4 Å². The highest BCUT2D eigenvalue weighted by atomic mass is 35.5. The van der Waals surface area contributed by atoms with Crippen LogP contribution in [0.1, 0.15) is 18.1 Å². The van der Waals surface area contributed by atoms with Crippen LogP contribution in [-0.4, -0.2) is 37.4 Å². The summed E-state index contributed by atoms with van der Waals surface area (Å²) in [4.78, 5) is 17.5. The monoisotopic (exact) mass is 247 g/mol. The Labute approximate surface area is 95.5 Å². The number of hydrogen-bond donors (Lipinski definition) is 4. The minimum Gasteiger partial charge on any atom is -0.481 e. The van der Waals surface area contributed by atoms with E-state index >= 15 is 0 Å². The predicted molar refractivity (Wildman–Crippen MR) is 54.7 cm³/mol. The number of aliphatic hydroxyl groups is 2. The van der Waals surface area contributed by atoms with Gasteiger partial charge in [0.25, 0.3) is 0 Å². The molecule has 7 nitrogen and oxygen atoms in total. The number of carboxylic acids is 1. The molecule has 5 N–H and O–H groups in total. The Morgan fingerprint density at radius 3 is 2.69 bits per heavy atom. The number of aliphatic carboxylic acids is 1. The average Bonchev–Trinajstić information content (AvgIpc) is 2.15. The first kappa shape index (κ1) is 12.6. The van der Waals surface area contributed by atoms with Crippen LogP contribution >= 0.6 is 11.6 Å². The second kappa shape index (κ2) is 5.06. The Balaban J connectivity index is 2.87. The van der Waals surface area contributed by atoms with Crippen molar-refractivity contribution in [3.8, 4) is 0 Å². The molecular weight excluding hydrogens is 238 g/mol. The van der Waals surface area contributed by atoms with Crippen LogP contribution in [0.15, 0.2) is 6.20 Å². The Morgan fingerprint density at radius 2 is 2.19 bits per heavy atom. The Bertz CT molecular complexity index is 401. The molecule has 0 radical (unpaired) electrons. The number of anilines is 1. The molecule has 0 bridgehead atoms. The lowest BCUT2D eigenvalue weighted by Crippen LogP contribution is -2.23. The minimum absolute atomic E-state index is 0.0400. The van der Waals surface area contributed by atoms with Crippen LogP contribution in [0.25, 0.3) is 0 Å². The van der Waals surface area contributed by atoms with Gasteiger partial charge in [-0.25, -0.2) is 9.97 Å². The molecule has 0 amide bonds. The van der Waals surface area contributed by atoms with Crippen LogP contribution in [-0.2, 0) is 4.79 Å². The van der Waals surface area contributed by atoms with Crippen molar-refractivity contribution in [1.29, 1.82) is 0 Å². The number of halogens is 1. The van der Waals surface area contributed by atoms with Gasteiger partial charge in [-0.15, -0.1) is 0 Å². The number of carbonyl (C=O) groups is 1. The molecule has 0 saturated heterocycles. The van der Waals surface area contributed by atoms with Gasteiger partial charge >= 0.3 is 5.97 Å². The topological polar surface area (TPSA) is 130 Å². The number of nitrogens with two attached hydrogens (primary N) is 1. The number of nitrogen functional groups attached to an aromatic ring is 1. The predicted octanol–water partition coefficient (Wildman–Crippen LogP) is -0.419. The highest BCUT2D eigenvalue weighted by Gasteiger charge is 2.24. The number of aliphatic hydroxyl groups excluding tert-OH is 2. The van der Waals surface area contributed by atoms with E-state index in [-0.39, 0.29) is 16.7 Å². The smallest absolute Gasteiger partial charge is 0.306 e. The van der Waals surface area contributed by atoms with Gasteiger partial charge in [-0.05, 0) is 11.6 Å². The molecule has 0 fully saturated rings. The summed E-state index contributed by atoms with van der Waals surface area (Å²) >= 11 is 5.45. The summed E-state index contributed by atoms with van der Waals surface area (Å²) < 4.78 is 0. The highest BCUT2D eigenvalue weighted by molar-refractivity contribution is 6.28. The number of rotatable bonds is 4. The van der Waals surface area contributed by atoms with E-state index in [0.29, 0.717) is 0 Å². The maximum atomic E-state index is 10.3. The third-order valence-corrected chi connectivity index (χ3v) is 2.07. The normalized spacial score (nSPS) is 14.4. The van der Waals surface area contributed by atoms with E-state index in [1.807, 2.05) is 0 Å². The molecule has 0 aliphatic carbocycles. The molecule has 16 heavy (non-hydrogen) atoms. The van der Waals surface area contributed by atoms with Crippen molar-refractivity contribution in [2.24, 2.45) is 0 Å². The van der Waals surface area contributed by atoms with Gasteiger partial charge in [0, 0.05) is 11.8 Å². The van der Waals surface area contributed by atoms with Crippen molar-refractivity contribution >= 4 is 23.4 Å². The zero-order valence-corrected chi connectivity index (χ0v) is 8.79. The first-order valence-corrected chi connectivity index (χ1v) is 4.65. The van der Waals surface area contributed by atoms with E-state index in [2.05, 4.69) is 9.97 Å². The summed E-state index contributed by atoms with van der Waals surface area (Å²) in [5.41, 5.74) is 5.48. The number of carboxylic acid groups (broad SMARTS) is 1. The van der Waals surface area contributed by atoms with Crippen molar-refractivity contribution in [2.75, 3.05) is 5.73 Å². The summed E-state index contributed by atoms with van der Waals surface area (Å²) in [5, 5.41) is 27.3. The van der Waals surface area contributed by atoms with E-state index in [9.17, 15) is 15.0 Å². The van der Waals surface area contributed by atoms with Crippen molar-refractivity contribution in [3.05, 3.63) is 17.0 Å².